The molecule has 0 aromatic heterocycles. The zero-order valence-electron chi connectivity index (χ0n) is 5.23. The van der Waals surface area contributed by atoms with Crippen LogP contribution >= 0.6 is 0 Å². The van der Waals surface area contributed by atoms with Crippen molar-refractivity contribution in [3.8, 4) is 0 Å². The molecule has 1 radical (unpaired) electrons. The van der Waals surface area contributed by atoms with Gasteiger partial charge in [0, 0.05) is 43.3 Å². The predicted octanol–water partition coefficient (Wildman–Crippen LogP) is -4.38. The quantitative estimate of drug-likeness (QED) is 0.346. The van der Waals surface area contributed by atoms with E-state index in [1.807, 2.05) is 0 Å². The molecular formula is C3H7Na2O2. The monoisotopic (exact) mass is 121 g/mol. The number of ether oxygens (including phenoxy) is 1. The van der Waals surface area contributed by atoms with Crippen molar-refractivity contribution in [3.63, 3.8) is 0 Å². The van der Waals surface area contributed by atoms with Crippen LogP contribution in [0.2, 0.25) is 0 Å². The first-order chi connectivity index (χ1) is 2.41. The number of hydrogen-bond donors (Lipinski definition) is 0. The summed E-state index contributed by atoms with van der Waals surface area (Å²) >= 11 is 0. The van der Waals surface area contributed by atoms with Crippen molar-refractivity contribution >= 4 is 29.6 Å². The van der Waals surface area contributed by atoms with Crippen molar-refractivity contribution in [3.05, 3.63) is 0 Å². The summed E-state index contributed by atoms with van der Waals surface area (Å²) in [5.41, 5.74) is 0. The van der Waals surface area contributed by atoms with Gasteiger partial charge in [0.05, 0.1) is 0 Å². The summed E-state index contributed by atoms with van der Waals surface area (Å²) in [5, 5.41) is 9.40. The molecule has 0 rings (SSSR count). The fraction of sp³-hybridized carbons (Fsp3) is 1.00. The molecule has 0 saturated carbocycles. The zero-order chi connectivity index (χ0) is 4.12. The first-order valence-corrected chi connectivity index (χ1v) is 1.49. The van der Waals surface area contributed by atoms with Crippen LogP contribution in [0.1, 0.15) is 0 Å². The van der Waals surface area contributed by atoms with E-state index in [0.717, 1.165) is 0 Å². The van der Waals surface area contributed by atoms with Crippen molar-refractivity contribution in [1.82, 2.24) is 0 Å². The van der Waals surface area contributed by atoms with Crippen LogP contribution in [0.4, 0.5) is 0 Å². The maximum Gasteiger partial charge on any atom is 1.00 e. The minimum Gasteiger partial charge on any atom is -0.853 e. The molecule has 0 heterocycles. The SMILES string of the molecule is COCC[O-].[Na+].[Na]. The molecular weight excluding hydrogens is 114 g/mol. The normalized spacial score (nSPS) is 6.00. The minimum absolute atomic E-state index is 0. The first kappa shape index (κ1) is 16.0. The van der Waals surface area contributed by atoms with Crippen molar-refractivity contribution in [2.75, 3.05) is 20.3 Å². The molecule has 0 fully saturated rings. The fourth-order valence-corrected chi connectivity index (χ4v) is 0.0833. The Bertz CT molecular complexity index is 18.4. The Morgan fingerprint density at radius 2 is 2.00 bits per heavy atom. The van der Waals surface area contributed by atoms with Crippen LogP contribution in [0.25, 0.3) is 0 Å². The molecule has 0 N–H and O–H groups in total. The van der Waals surface area contributed by atoms with Gasteiger partial charge in [0.25, 0.3) is 0 Å². The summed E-state index contributed by atoms with van der Waals surface area (Å²) < 4.78 is 4.38. The Morgan fingerprint density at radius 1 is 1.57 bits per heavy atom. The van der Waals surface area contributed by atoms with Crippen LogP contribution in [0, 0.1) is 0 Å². The van der Waals surface area contributed by atoms with Gasteiger partial charge in [0.1, 0.15) is 0 Å². The maximum absolute atomic E-state index is 9.40. The van der Waals surface area contributed by atoms with E-state index in [-0.39, 0.29) is 65.7 Å². The molecule has 0 aromatic rings. The molecule has 0 aliphatic rings. The zero-order valence-corrected chi connectivity index (χ0v) is 9.23. The molecule has 33 valence electrons. The van der Waals surface area contributed by atoms with E-state index in [1.165, 1.54) is 7.11 Å². The molecule has 0 atom stereocenters. The summed E-state index contributed by atoms with van der Waals surface area (Å²) in [6.07, 6.45) is 0. The average Bonchev–Trinajstić information content (AvgIpc) is 1.41. The average molecular weight is 121 g/mol. The largest absolute Gasteiger partial charge is 1.00 e. The van der Waals surface area contributed by atoms with Crippen molar-refractivity contribution in [1.29, 1.82) is 0 Å². The summed E-state index contributed by atoms with van der Waals surface area (Å²) in [4.78, 5) is 0. The summed E-state index contributed by atoms with van der Waals surface area (Å²) in [7, 11) is 1.51. The molecule has 0 unspecified atom stereocenters. The molecule has 0 spiro atoms. The van der Waals surface area contributed by atoms with Gasteiger partial charge in [-0.1, -0.05) is 0 Å². The molecule has 0 aromatic carbocycles. The van der Waals surface area contributed by atoms with Gasteiger partial charge in [0.2, 0.25) is 0 Å². The van der Waals surface area contributed by atoms with E-state index in [1.54, 1.807) is 0 Å². The second kappa shape index (κ2) is 15.7. The number of hydrogen-bond acceptors (Lipinski definition) is 2. The van der Waals surface area contributed by atoms with Gasteiger partial charge in [-0.2, -0.15) is 0 Å². The van der Waals surface area contributed by atoms with Crippen LogP contribution in [-0.2, 0) is 4.74 Å². The molecule has 0 saturated heterocycles. The molecule has 0 aliphatic heterocycles. The van der Waals surface area contributed by atoms with E-state index in [0.29, 0.717) is 6.61 Å². The van der Waals surface area contributed by atoms with E-state index >= 15 is 0 Å². The molecule has 0 aliphatic carbocycles. The second-order valence-electron chi connectivity index (χ2n) is 0.697. The Morgan fingerprint density at radius 3 is 2.00 bits per heavy atom. The number of rotatable bonds is 2. The first-order valence-electron chi connectivity index (χ1n) is 1.49. The Hall–Kier alpha value is 1.92. The van der Waals surface area contributed by atoms with Gasteiger partial charge in [-0.3, -0.25) is 0 Å². The van der Waals surface area contributed by atoms with Crippen molar-refractivity contribution in [2.45, 2.75) is 0 Å². The van der Waals surface area contributed by atoms with Gasteiger partial charge >= 0.3 is 29.6 Å². The molecule has 2 nitrogen and oxygen atoms in total. The summed E-state index contributed by atoms with van der Waals surface area (Å²) in [5.74, 6) is 0. The summed E-state index contributed by atoms with van der Waals surface area (Å²) in [6.45, 7) is 0.205. The van der Waals surface area contributed by atoms with E-state index in [2.05, 4.69) is 4.74 Å². The minimum atomic E-state index is -0.128. The fourth-order valence-electron chi connectivity index (χ4n) is 0.0833. The Labute approximate surface area is 88.2 Å². The predicted molar refractivity (Wildman–Crippen MR) is 22.5 cm³/mol. The summed E-state index contributed by atoms with van der Waals surface area (Å²) in [6, 6.07) is 0. The van der Waals surface area contributed by atoms with Crippen molar-refractivity contribution in [2.24, 2.45) is 0 Å². The maximum atomic E-state index is 9.40. The van der Waals surface area contributed by atoms with Crippen LogP contribution in [0.3, 0.4) is 0 Å². The Kier molecular flexibility index (Phi) is 35.7. The molecule has 0 bridgehead atoms. The molecule has 4 heteroatoms. The van der Waals surface area contributed by atoms with Gasteiger partial charge in [0.15, 0.2) is 0 Å². The van der Waals surface area contributed by atoms with Crippen LogP contribution in [-0.4, -0.2) is 49.9 Å². The molecule has 0 amide bonds. The van der Waals surface area contributed by atoms with Crippen LogP contribution in [0.15, 0.2) is 0 Å². The number of methoxy groups -OCH3 is 1. The van der Waals surface area contributed by atoms with E-state index in [9.17, 15) is 5.11 Å². The van der Waals surface area contributed by atoms with Crippen LogP contribution in [0.5, 0.6) is 0 Å². The third-order valence-electron chi connectivity index (χ3n) is 0.287. The van der Waals surface area contributed by atoms with Gasteiger partial charge in [-0.25, -0.2) is 0 Å². The van der Waals surface area contributed by atoms with Crippen molar-refractivity contribution < 1.29 is 39.4 Å². The van der Waals surface area contributed by atoms with Gasteiger partial charge in [-0.05, 0) is 0 Å². The molecule has 7 heavy (non-hydrogen) atoms. The third kappa shape index (κ3) is 18.1. The van der Waals surface area contributed by atoms with Gasteiger partial charge in [-0.15, -0.1) is 6.61 Å². The Balaban J connectivity index is -0.0000000800. The van der Waals surface area contributed by atoms with E-state index in [4.69, 9.17) is 0 Å². The third-order valence-corrected chi connectivity index (χ3v) is 0.287. The standard InChI is InChI=1S/C3H7O2.2Na/c1-5-3-2-4;;/h2-3H2,1H3;;/q-1;;+1. The van der Waals surface area contributed by atoms with Gasteiger partial charge < -0.3 is 9.84 Å². The van der Waals surface area contributed by atoms with Crippen LogP contribution < -0.4 is 34.7 Å². The smallest absolute Gasteiger partial charge is 0.853 e. The topological polar surface area (TPSA) is 32.3 Å². The van der Waals surface area contributed by atoms with E-state index < -0.39 is 0 Å². The second-order valence-corrected chi connectivity index (χ2v) is 0.697.